The molecule has 6 rings (SSSR count). The molecule has 1 saturated carbocycles. The van der Waals surface area contributed by atoms with Crippen LogP contribution in [0.2, 0.25) is 0 Å². The van der Waals surface area contributed by atoms with Gasteiger partial charge in [-0.2, -0.15) is 0 Å². The van der Waals surface area contributed by atoms with E-state index < -0.39 is 29.9 Å². The number of esters is 1. The molecule has 0 radical (unpaired) electrons. The Balaban J connectivity index is 1.48. The van der Waals surface area contributed by atoms with Gasteiger partial charge in [-0.05, 0) is 53.8 Å². The number of carbonyl (C=O) groups excluding carboxylic acids is 3. The van der Waals surface area contributed by atoms with Gasteiger partial charge in [-0.15, -0.1) is 0 Å². The number of likely N-dealkylation sites (tertiary alicyclic amines) is 1. The number of ether oxygens (including phenoxy) is 3. The van der Waals surface area contributed by atoms with Crippen LogP contribution in [-0.4, -0.2) is 42.6 Å². The van der Waals surface area contributed by atoms with E-state index in [1.807, 2.05) is 36.4 Å². The van der Waals surface area contributed by atoms with Crippen LogP contribution in [0.5, 0.6) is 11.5 Å². The average Bonchev–Trinajstić information content (AvgIpc) is 3.67. The molecule has 43 heavy (non-hydrogen) atoms. The van der Waals surface area contributed by atoms with E-state index in [1.165, 1.54) is 19.2 Å². The quantitative estimate of drug-likeness (QED) is 0.379. The van der Waals surface area contributed by atoms with Crippen molar-refractivity contribution in [1.82, 2.24) is 10.2 Å². The molecule has 1 aliphatic carbocycles. The zero-order chi connectivity index (χ0) is 29.9. The second-order valence-corrected chi connectivity index (χ2v) is 11.4. The molecule has 224 valence electrons. The molecule has 4 unspecified atom stereocenters. The van der Waals surface area contributed by atoms with E-state index in [4.69, 9.17) is 14.2 Å². The van der Waals surface area contributed by atoms with E-state index in [-0.39, 0.29) is 36.9 Å². The second kappa shape index (κ2) is 12.5. The first-order valence-electron chi connectivity index (χ1n) is 14.8. The van der Waals surface area contributed by atoms with Gasteiger partial charge >= 0.3 is 5.97 Å². The van der Waals surface area contributed by atoms with Crippen molar-refractivity contribution in [3.05, 3.63) is 95.3 Å². The lowest BCUT2D eigenvalue weighted by Gasteiger charge is -2.35. The summed E-state index contributed by atoms with van der Waals surface area (Å²) in [6.07, 6.45) is 4.39. The normalized spacial score (nSPS) is 23.2. The molecule has 0 aromatic heterocycles. The Kier molecular flexibility index (Phi) is 8.31. The number of halogens is 1. The number of nitrogens with one attached hydrogen (secondary N) is 1. The van der Waals surface area contributed by atoms with Gasteiger partial charge in [-0.3, -0.25) is 14.4 Å². The highest BCUT2D eigenvalue weighted by atomic mass is 19.1. The van der Waals surface area contributed by atoms with Crippen LogP contribution in [0, 0.1) is 17.7 Å². The lowest BCUT2D eigenvalue weighted by atomic mass is 9.79. The van der Waals surface area contributed by atoms with Gasteiger partial charge in [-0.1, -0.05) is 67.8 Å². The van der Waals surface area contributed by atoms with Crippen molar-refractivity contribution in [2.75, 3.05) is 13.9 Å². The predicted octanol–water partition coefficient (Wildman–Crippen LogP) is 5.28. The molecule has 9 heteroatoms. The number of amides is 2. The summed E-state index contributed by atoms with van der Waals surface area (Å²) in [6.45, 7) is 0.218. The molecule has 8 nitrogen and oxygen atoms in total. The summed E-state index contributed by atoms with van der Waals surface area (Å²) >= 11 is 0. The molecule has 1 N–H and O–H groups in total. The fourth-order valence-electron chi connectivity index (χ4n) is 6.87. The summed E-state index contributed by atoms with van der Waals surface area (Å²) in [5.41, 5.74) is 2.13. The first-order valence-corrected chi connectivity index (χ1v) is 14.8. The van der Waals surface area contributed by atoms with Crippen LogP contribution in [0.4, 0.5) is 4.39 Å². The third kappa shape index (κ3) is 5.68. The van der Waals surface area contributed by atoms with Crippen LogP contribution in [-0.2, 0) is 25.7 Å². The Morgan fingerprint density at radius 1 is 0.907 bits per heavy atom. The molecular formula is C34H35FN2O6. The zero-order valence-electron chi connectivity index (χ0n) is 24.0. The van der Waals surface area contributed by atoms with Crippen molar-refractivity contribution < 1.29 is 33.0 Å². The van der Waals surface area contributed by atoms with E-state index >= 15 is 0 Å². The maximum Gasteiger partial charge on any atom is 0.311 e. The van der Waals surface area contributed by atoms with E-state index in [0.717, 1.165) is 37.7 Å². The largest absolute Gasteiger partial charge is 0.469 e. The lowest BCUT2D eigenvalue weighted by molar-refractivity contribution is -0.149. The van der Waals surface area contributed by atoms with Crippen LogP contribution in [0.1, 0.15) is 60.8 Å². The third-order valence-corrected chi connectivity index (χ3v) is 8.92. The van der Waals surface area contributed by atoms with Crippen molar-refractivity contribution in [3.63, 3.8) is 0 Å². The zero-order valence-corrected chi connectivity index (χ0v) is 24.0. The Morgan fingerprint density at radius 2 is 1.63 bits per heavy atom. The van der Waals surface area contributed by atoms with Gasteiger partial charge in [0.1, 0.15) is 11.9 Å². The number of rotatable bonds is 7. The van der Waals surface area contributed by atoms with E-state index in [9.17, 15) is 18.8 Å². The minimum atomic E-state index is -1.00. The van der Waals surface area contributed by atoms with E-state index in [0.29, 0.717) is 22.6 Å². The van der Waals surface area contributed by atoms with Crippen molar-refractivity contribution in [3.8, 4) is 11.5 Å². The molecule has 2 heterocycles. The first kappa shape index (κ1) is 28.7. The highest BCUT2D eigenvalue weighted by Crippen LogP contribution is 2.52. The van der Waals surface area contributed by atoms with Crippen LogP contribution in [0.15, 0.2) is 72.8 Å². The first-order chi connectivity index (χ1) is 21.0. The van der Waals surface area contributed by atoms with Gasteiger partial charge in [0, 0.05) is 18.4 Å². The predicted molar refractivity (Wildman–Crippen MR) is 155 cm³/mol. The molecule has 2 fully saturated rings. The molecule has 0 spiro atoms. The minimum Gasteiger partial charge on any atom is -0.469 e. The Bertz CT molecular complexity index is 1470. The van der Waals surface area contributed by atoms with Crippen LogP contribution >= 0.6 is 0 Å². The summed E-state index contributed by atoms with van der Waals surface area (Å²) in [7, 11) is 1.33. The number of hydrogen-bond acceptors (Lipinski definition) is 6. The monoisotopic (exact) mass is 586 g/mol. The molecular weight excluding hydrogens is 551 g/mol. The number of carbonyl (C=O) groups is 3. The van der Waals surface area contributed by atoms with Crippen LogP contribution in [0.3, 0.4) is 0 Å². The number of methoxy groups -OCH3 is 1. The SMILES string of the molecule is COC(=O)C1C(c2ccccc2)C(C(=O)NCc2ccc(F)cc2)N(C(=O)C2CCCCC2)C1c1ccc2c(c1)OCO2. The Morgan fingerprint density at radius 3 is 2.35 bits per heavy atom. The maximum atomic E-state index is 14.6. The molecule has 3 aromatic carbocycles. The molecule has 2 aliphatic heterocycles. The third-order valence-electron chi connectivity index (χ3n) is 8.92. The van der Waals surface area contributed by atoms with Crippen molar-refractivity contribution in [1.29, 1.82) is 0 Å². The van der Waals surface area contributed by atoms with Gasteiger partial charge in [0.25, 0.3) is 0 Å². The molecule has 2 amide bonds. The molecule has 3 aromatic rings. The number of nitrogens with zero attached hydrogens (tertiary/aromatic N) is 1. The summed E-state index contributed by atoms with van der Waals surface area (Å²) < 4.78 is 30.1. The van der Waals surface area contributed by atoms with Gasteiger partial charge in [-0.25, -0.2) is 4.39 Å². The highest BCUT2D eigenvalue weighted by Gasteiger charge is 2.58. The standard InChI is InChI=1S/C34H35FN2O6/c1-41-34(40)29-28(22-8-4-2-5-9-22)31(32(38)36-19-21-12-15-25(35)16-13-21)37(33(39)23-10-6-3-7-11-23)30(29)24-14-17-26-27(18-24)43-20-42-26/h2,4-5,8-9,12-18,23,28-31H,3,6-7,10-11,19-20H2,1H3,(H,36,38). The number of benzene rings is 3. The van der Waals surface area contributed by atoms with Gasteiger partial charge in [0.05, 0.1) is 19.1 Å². The lowest BCUT2D eigenvalue weighted by Crippen LogP contribution is -2.50. The summed E-state index contributed by atoms with van der Waals surface area (Å²) in [4.78, 5) is 44.3. The van der Waals surface area contributed by atoms with Gasteiger partial charge in [0.2, 0.25) is 18.6 Å². The fraction of sp³-hybridized carbons (Fsp3) is 0.382. The number of hydrogen-bond donors (Lipinski definition) is 1. The molecule has 1 saturated heterocycles. The topological polar surface area (TPSA) is 94.2 Å². The van der Waals surface area contributed by atoms with Gasteiger partial charge in [0.15, 0.2) is 11.5 Å². The maximum absolute atomic E-state index is 14.6. The minimum absolute atomic E-state index is 0.0790. The highest BCUT2D eigenvalue weighted by molar-refractivity contribution is 5.93. The molecule has 3 aliphatic rings. The number of fused-ring (bicyclic) bond motifs is 1. The fourth-order valence-corrected chi connectivity index (χ4v) is 6.87. The van der Waals surface area contributed by atoms with Crippen molar-refractivity contribution in [2.45, 2.75) is 56.7 Å². The van der Waals surface area contributed by atoms with Gasteiger partial charge < -0.3 is 24.4 Å². The van der Waals surface area contributed by atoms with Crippen LogP contribution in [0.25, 0.3) is 0 Å². The summed E-state index contributed by atoms with van der Waals surface area (Å²) in [6, 6.07) is 18.9. The summed E-state index contributed by atoms with van der Waals surface area (Å²) in [5.74, 6) is -2.13. The van der Waals surface area contributed by atoms with E-state index in [1.54, 1.807) is 29.2 Å². The Labute approximate surface area is 250 Å². The smallest absolute Gasteiger partial charge is 0.311 e. The van der Waals surface area contributed by atoms with Crippen molar-refractivity contribution >= 4 is 17.8 Å². The second-order valence-electron chi connectivity index (χ2n) is 11.4. The van der Waals surface area contributed by atoms with Crippen LogP contribution < -0.4 is 14.8 Å². The molecule has 0 bridgehead atoms. The average molecular weight is 587 g/mol. The Hall–Kier alpha value is -4.40. The van der Waals surface area contributed by atoms with Crippen molar-refractivity contribution in [2.24, 2.45) is 11.8 Å². The van der Waals surface area contributed by atoms with E-state index in [2.05, 4.69) is 5.32 Å². The summed E-state index contributed by atoms with van der Waals surface area (Å²) in [5, 5.41) is 2.99. The molecule has 4 atom stereocenters.